The lowest BCUT2D eigenvalue weighted by Gasteiger charge is -2.09. The van der Waals surface area contributed by atoms with Crippen molar-refractivity contribution in [3.05, 3.63) is 17.8 Å². The van der Waals surface area contributed by atoms with E-state index in [-0.39, 0.29) is 0 Å². The molecule has 4 nitrogen and oxygen atoms in total. The molecule has 88 valence electrons. The van der Waals surface area contributed by atoms with Gasteiger partial charge < -0.3 is 15.8 Å². The van der Waals surface area contributed by atoms with Gasteiger partial charge in [-0.1, -0.05) is 0 Å². The van der Waals surface area contributed by atoms with Gasteiger partial charge in [0.25, 0.3) is 0 Å². The van der Waals surface area contributed by atoms with Crippen LogP contribution in [0.5, 0.6) is 0 Å². The van der Waals surface area contributed by atoms with Gasteiger partial charge >= 0.3 is 0 Å². The van der Waals surface area contributed by atoms with Gasteiger partial charge in [0, 0.05) is 13.7 Å². The van der Waals surface area contributed by atoms with Crippen molar-refractivity contribution in [2.24, 2.45) is 5.92 Å². The topological polar surface area (TPSA) is 60.2 Å². The Bertz CT molecular complexity index is 350. The van der Waals surface area contributed by atoms with Gasteiger partial charge in [0.15, 0.2) is 0 Å². The lowest BCUT2D eigenvalue weighted by molar-refractivity contribution is 0.127. The Morgan fingerprint density at radius 1 is 1.56 bits per heavy atom. The Morgan fingerprint density at radius 3 is 3.06 bits per heavy atom. The van der Waals surface area contributed by atoms with Gasteiger partial charge in [0.1, 0.15) is 5.82 Å². The molecule has 0 aliphatic heterocycles. The Labute approximate surface area is 96.2 Å². The van der Waals surface area contributed by atoms with Gasteiger partial charge in [-0.3, -0.25) is 0 Å². The molecule has 0 radical (unpaired) electrons. The molecule has 1 aromatic rings. The molecule has 0 unspecified atom stereocenters. The van der Waals surface area contributed by atoms with E-state index < -0.39 is 0 Å². The molecule has 4 heteroatoms. The Balaban J connectivity index is 1.83. The van der Waals surface area contributed by atoms with E-state index in [0.717, 1.165) is 36.9 Å². The fourth-order valence-corrected chi connectivity index (χ4v) is 1.66. The van der Waals surface area contributed by atoms with Crippen LogP contribution in [0.15, 0.2) is 12.3 Å². The Kier molecular flexibility index (Phi) is 3.62. The smallest absolute Gasteiger partial charge is 0.129 e. The van der Waals surface area contributed by atoms with E-state index in [9.17, 15) is 0 Å². The van der Waals surface area contributed by atoms with E-state index >= 15 is 0 Å². The molecular formula is C12H19N3O. The second kappa shape index (κ2) is 5.16. The van der Waals surface area contributed by atoms with Gasteiger partial charge in [-0.05, 0) is 36.8 Å². The zero-order chi connectivity index (χ0) is 11.4. The highest BCUT2D eigenvalue weighted by molar-refractivity contribution is 5.51. The second-order valence-electron chi connectivity index (χ2n) is 4.29. The van der Waals surface area contributed by atoms with Gasteiger partial charge in [-0.2, -0.15) is 0 Å². The number of nitrogens with zero attached hydrogens (tertiary/aromatic N) is 1. The summed E-state index contributed by atoms with van der Waals surface area (Å²) in [6, 6.07) is 1.96. The summed E-state index contributed by atoms with van der Waals surface area (Å²) in [6.07, 6.45) is 5.20. The van der Waals surface area contributed by atoms with Crippen molar-refractivity contribution in [1.82, 2.24) is 4.98 Å². The van der Waals surface area contributed by atoms with E-state index in [1.807, 2.05) is 13.1 Å². The van der Waals surface area contributed by atoms with Gasteiger partial charge in [0.05, 0.1) is 18.5 Å². The zero-order valence-electron chi connectivity index (χ0n) is 9.70. The summed E-state index contributed by atoms with van der Waals surface area (Å²) < 4.78 is 5.60. The maximum atomic E-state index is 5.71. The van der Waals surface area contributed by atoms with Crippen molar-refractivity contribution >= 4 is 11.5 Å². The highest BCUT2D eigenvalue weighted by Crippen LogP contribution is 2.28. The van der Waals surface area contributed by atoms with E-state index in [1.165, 1.54) is 12.8 Å². The van der Waals surface area contributed by atoms with Crippen LogP contribution < -0.4 is 11.1 Å². The summed E-state index contributed by atoms with van der Waals surface area (Å²) in [5.41, 5.74) is 7.54. The minimum absolute atomic E-state index is 0.705. The van der Waals surface area contributed by atoms with Gasteiger partial charge in [-0.25, -0.2) is 4.98 Å². The lowest BCUT2D eigenvalue weighted by Crippen LogP contribution is -2.06. The van der Waals surface area contributed by atoms with E-state index in [4.69, 9.17) is 10.5 Å². The van der Waals surface area contributed by atoms with Crippen LogP contribution in [0.25, 0.3) is 0 Å². The van der Waals surface area contributed by atoms with Gasteiger partial charge in [0.2, 0.25) is 0 Å². The number of nitrogen functional groups attached to an aromatic ring is 1. The standard InChI is InChI=1S/C12H19N3O/c1-14-12-10(6-11(13)7-15-12)4-5-16-8-9-2-3-9/h6-7,9H,2-5,8,13H2,1H3,(H,14,15). The van der Waals surface area contributed by atoms with Crippen LogP contribution in [0, 0.1) is 5.92 Å². The Hall–Kier alpha value is -1.29. The molecule has 0 amide bonds. The van der Waals surface area contributed by atoms with Crippen LogP contribution in [0.4, 0.5) is 11.5 Å². The summed E-state index contributed by atoms with van der Waals surface area (Å²) in [4.78, 5) is 4.23. The number of hydrogen-bond acceptors (Lipinski definition) is 4. The average molecular weight is 221 g/mol. The number of nitrogens with two attached hydrogens (primary N) is 1. The average Bonchev–Trinajstić information content (AvgIpc) is 3.08. The Morgan fingerprint density at radius 2 is 2.38 bits per heavy atom. The third-order valence-corrected chi connectivity index (χ3v) is 2.79. The number of nitrogens with one attached hydrogen (secondary N) is 1. The zero-order valence-corrected chi connectivity index (χ0v) is 9.70. The van der Waals surface area contributed by atoms with Crippen molar-refractivity contribution in [2.75, 3.05) is 31.3 Å². The third-order valence-electron chi connectivity index (χ3n) is 2.79. The molecule has 1 aromatic heterocycles. The van der Waals surface area contributed by atoms with E-state index in [1.54, 1.807) is 6.20 Å². The highest BCUT2D eigenvalue weighted by atomic mass is 16.5. The summed E-state index contributed by atoms with van der Waals surface area (Å²) in [6.45, 7) is 1.65. The summed E-state index contributed by atoms with van der Waals surface area (Å²) in [7, 11) is 1.87. The summed E-state index contributed by atoms with van der Waals surface area (Å²) in [5, 5.41) is 3.06. The van der Waals surface area contributed by atoms with Crippen molar-refractivity contribution in [3.8, 4) is 0 Å². The minimum Gasteiger partial charge on any atom is -0.397 e. The van der Waals surface area contributed by atoms with Crippen molar-refractivity contribution in [2.45, 2.75) is 19.3 Å². The number of aromatic nitrogens is 1. The molecule has 0 saturated heterocycles. The molecule has 1 saturated carbocycles. The van der Waals surface area contributed by atoms with Crippen molar-refractivity contribution in [1.29, 1.82) is 0 Å². The predicted molar refractivity (Wildman–Crippen MR) is 65.4 cm³/mol. The lowest BCUT2D eigenvalue weighted by atomic mass is 10.2. The van der Waals surface area contributed by atoms with Crippen molar-refractivity contribution in [3.63, 3.8) is 0 Å². The molecule has 2 rings (SSSR count). The SMILES string of the molecule is CNc1ncc(N)cc1CCOCC1CC1. The number of hydrogen-bond donors (Lipinski definition) is 2. The van der Waals surface area contributed by atoms with Crippen LogP contribution in [0.2, 0.25) is 0 Å². The molecular weight excluding hydrogens is 202 g/mol. The fourth-order valence-electron chi connectivity index (χ4n) is 1.66. The van der Waals surface area contributed by atoms with E-state index in [0.29, 0.717) is 5.69 Å². The normalized spacial score (nSPS) is 15.1. The molecule has 1 aliphatic carbocycles. The number of anilines is 2. The van der Waals surface area contributed by atoms with Crippen LogP contribution in [-0.4, -0.2) is 25.2 Å². The molecule has 0 aromatic carbocycles. The van der Waals surface area contributed by atoms with Crippen LogP contribution in [0.1, 0.15) is 18.4 Å². The first-order chi connectivity index (χ1) is 7.79. The maximum absolute atomic E-state index is 5.71. The van der Waals surface area contributed by atoms with Gasteiger partial charge in [-0.15, -0.1) is 0 Å². The van der Waals surface area contributed by atoms with Crippen molar-refractivity contribution < 1.29 is 4.74 Å². The number of rotatable bonds is 6. The molecule has 1 fully saturated rings. The molecule has 16 heavy (non-hydrogen) atoms. The molecule has 0 atom stereocenters. The molecule has 0 spiro atoms. The van der Waals surface area contributed by atoms with Crippen LogP contribution >= 0.6 is 0 Å². The second-order valence-corrected chi connectivity index (χ2v) is 4.29. The first kappa shape index (κ1) is 11.2. The minimum atomic E-state index is 0.705. The number of pyridine rings is 1. The first-order valence-corrected chi connectivity index (χ1v) is 5.79. The largest absolute Gasteiger partial charge is 0.397 e. The third kappa shape index (κ3) is 3.10. The number of ether oxygens (including phenoxy) is 1. The summed E-state index contributed by atoms with van der Waals surface area (Å²) in [5.74, 6) is 1.71. The monoisotopic (exact) mass is 221 g/mol. The van der Waals surface area contributed by atoms with E-state index in [2.05, 4.69) is 10.3 Å². The predicted octanol–water partition coefficient (Wildman–Crippen LogP) is 1.67. The molecule has 0 bridgehead atoms. The maximum Gasteiger partial charge on any atom is 0.129 e. The quantitative estimate of drug-likeness (QED) is 0.717. The summed E-state index contributed by atoms with van der Waals surface area (Å²) >= 11 is 0. The fraction of sp³-hybridized carbons (Fsp3) is 0.583. The molecule has 1 aliphatic rings. The first-order valence-electron chi connectivity index (χ1n) is 5.79. The molecule has 1 heterocycles. The molecule has 3 N–H and O–H groups in total. The highest BCUT2D eigenvalue weighted by Gasteiger charge is 2.20. The van der Waals surface area contributed by atoms with Crippen LogP contribution in [0.3, 0.4) is 0 Å². The van der Waals surface area contributed by atoms with Crippen LogP contribution in [-0.2, 0) is 11.2 Å².